The number of rotatable bonds is 8. The van der Waals surface area contributed by atoms with Gasteiger partial charge in [0.05, 0.1) is 35.6 Å². The van der Waals surface area contributed by atoms with Crippen molar-refractivity contribution in [3.63, 3.8) is 0 Å². The quantitative estimate of drug-likeness (QED) is 0.441. The molecule has 1 aromatic carbocycles. The number of nitrogens with zero attached hydrogens (tertiary/aromatic N) is 5. The molecule has 0 fully saturated rings. The number of amides is 1. The average Bonchev–Trinajstić information content (AvgIpc) is 3.26. The molecule has 0 saturated carbocycles. The van der Waals surface area contributed by atoms with Crippen molar-refractivity contribution in [2.45, 2.75) is 26.5 Å². The summed E-state index contributed by atoms with van der Waals surface area (Å²) in [6, 6.07) is 11.1. The molecule has 8 nitrogen and oxygen atoms in total. The molecule has 1 amide bonds. The number of carbonyl (C=O) groups excluding carboxylic acids is 1. The topological polar surface area (TPSA) is 85.2 Å². The lowest BCUT2D eigenvalue weighted by Gasteiger charge is -2.11. The number of benzene rings is 1. The Morgan fingerprint density at radius 3 is 2.70 bits per heavy atom. The number of fused-ring (bicyclic) bond motifs is 1. The minimum Gasteiger partial charge on any atom is -0.475 e. The van der Waals surface area contributed by atoms with Gasteiger partial charge in [-0.25, -0.2) is 4.98 Å². The van der Waals surface area contributed by atoms with Crippen LogP contribution in [0.1, 0.15) is 24.2 Å². The normalized spacial score (nSPS) is 11.3. The summed E-state index contributed by atoms with van der Waals surface area (Å²) in [5.41, 5.74) is 3.83. The summed E-state index contributed by atoms with van der Waals surface area (Å²) >= 11 is 0. The van der Waals surface area contributed by atoms with E-state index in [9.17, 15) is 4.79 Å². The lowest BCUT2D eigenvalue weighted by Crippen LogP contribution is -2.18. The molecule has 0 radical (unpaired) electrons. The van der Waals surface area contributed by atoms with Crippen molar-refractivity contribution in [2.75, 3.05) is 26.0 Å². The van der Waals surface area contributed by atoms with Crippen molar-refractivity contribution < 1.29 is 9.53 Å². The Hall–Kier alpha value is -3.78. The Kier molecular flexibility index (Phi) is 6.65. The molecular formula is C25H28N6O2. The van der Waals surface area contributed by atoms with E-state index in [0.717, 1.165) is 35.1 Å². The van der Waals surface area contributed by atoms with E-state index in [0.29, 0.717) is 17.1 Å². The van der Waals surface area contributed by atoms with E-state index in [-0.39, 0.29) is 12.0 Å². The van der Waals surface area contributed by atoms with Crippen LogP contribution in [0.3, 0.4) is 0 Å². The van der Waals surface area contributed by atoms with Crippen LogP contribution in [0.25, 0.3) is 22.0 Å². The average molecular weight is 445 g/mol. The van der Waals surface area contributed by atoms with E-state index in [2.05, 4.69) is 25.3 Å². The van der Waals surface area contributed by atoms with Crippen LogP contribution in [0.15, 0.2) is 61.2 Å². The van der Waals surface area contributed by atoms with Crippen LogP contribution in [0.5, 0.6) is 5.88 Å². The molecule has 0 atom stereocenters. The zero-order valence-corrected chi connectivity index (χ0v) is 19.3. The third-order valence-corrected chi connectivity index (χ3v) is 5.09. The van der Waals surface area contributed by atoms with Crippen molar-refractivity contribution in [2.24, 2.45) is 0 Å². The molecule has 170 valence electrons. The summed E-state index contributed by atoms with van der Waals surface area (Å²) in [6.07, 6.45) is 7.19. The fourth-order valence-corrected chi connectivity index (χ4v) is 3.48. The first kappa shape index (κ1) is 22.4. The van der Waals surface area contributed by atoms with Crippen molar-refractivity contribution >= 4 is 22.5 Å². The summed E-state index contributed by atoms with van der Waals surface area (Å²) in [5, 5.41) is 8.40. The van der Waals surface area contributed by atoms with Gasteiger partial charge < -0.3 is 15.0 Å². The number of nitrogens with one attached hydrogen (secondary N) is 1. The molecule has 0 aliphatic rings. The number of aromatic nitrogens is 4. The van der Waals surface area contributed by atoms with E-state index >= 15 is 0 Å². The minimum absolute atomic E-state index is 0.0215. The Morgan fingerprint density at radius 1 is 1.12 bits per heavy atom. The molecule has 0 aliphatic carbocycles. The molecule has 0 unspecified atom stereocenters. The zero-order valence-electron chi connectivity index (χ0n) is 19.3. The largest absolute Gasteiger partial charge is 0.475 e. The predicted molar refractivity (Wildman–Crippen MR) is 129 cm³/mol. The SMILES string of the molecule is CC(C)Oc1ccc(C(=O)Nc2cccc3c(-c4cnn(CCN(C)C)c4)ccnc23)cn1. The van der Waals surface area contributed by atoms with Gasteiger partial charge in [-0.1, -0.05) is 12.1 Å². The third-order valence-electron chi connectivity index (χ3n) is 5.09. The summed E-state index contributed by atoms with van der Waals surface area (Å²) in [5.74, 6) is 0.235. The second kappa shape index (κ2) is 9.79. The fraction of sp³-hybridized carbons (Fsp3) is 0.280. The van der Waals surface area contributed by atoms with Gasteiger partial charge in [0.15, 0.2) is 0 Å². The van der Waals surface area contributed by atoms with Crippen LogP contribution >= 0.6 is 0 Å². The van der Waals surface area contributed by atoms with Crippen molar-refractivity contribution in [1.82, 2.24) is 24.6 Å². The maximum absolute atomic E-state index is 12.8. The molecule has 3 aromatic heterocycles. The molecule has 0 spiro atoms. The van der Waals surface area contributed by atoms with Gasteiger partial charge in [0.1, 0.15) is 0 Å². The summed E-state index contributed by atoms with van der Waals surface area (Å²) in [4.78, 5) is 23.7. The van der Waals surface area contributed by atoms with Gasteiger partial charge in [-0.05, 0) is 51.7 Å². The van der Waals surface area contributed by atoms with Gasteiger partial charge in [-0.3, -0.25) is 14.5 Å². The number of anilines is 1. The standard InChI is InChI=1S/C25H28N6O2/c1-17(2)33-23-9-8-18(14-27-23)25(32)29-22-7-5-6-21-20(10-11-26-24(21)22)19-15-28-31(16-19)13-12-30(3)4/h5-11,14-17H,12-13H2,1-4H3,(H,29,32). The van der Waals surface area contributed by atoms with Crippen LogP contribution < -0.4 is 10.1 Å². The van der Waals surface area contributed by atoms with E-state index < -0.39 is 0 Å². The van der Waals surface area contributed by atoms with Crippen molar-refractivity contribution in [3.05, 3.63) is 66.7 Å². The lowest BCUT2D eigenvalue weighted by molar-refractivity contribution is 0.102. The molecule has 1 N–H and O–H groups in total. The highest BCUT2D eigenvalue weighted by atomic mass is 16.5. The molecular weight excluding hydrogens is 416 g/mol. The zero-order chi connectivity index (χ0) is 23.4. The Bertz CT molecular complexity index is 1250. The monoisotopic (exact) mass is 444 g/mol. The van der Waals surface area contributed by atoms with Gasteiger partial charge >= 0.3 is 0 Å². The first-order chi connectivity index (χ1) is 15.9. The van der Waals surface area contributed by atoms with Crippen LogP contribution in [0.4, 0.5) is 5.69 Å². The number of pyridine rings is 2. The molecule has 0 bridgehead atoms. The van der Waals surface area contributed by atoms with E-state index in [4.69, 9.17) is 4.74 Å². The number of ether oxygens (including phenoxy) is 1. The molecule has 4 aromatic rings. The first-order valence-electron chi connectivity index (χ1n) is 10.9. The summed E-state index contributed by atoms with van der Waals surface area (Å²) in [7, 11) is 4.08. The molecule has 33 heavy (non-hydrogen) atoms. The highest BCUT2D eigenvalue weighted by Crippen LogP contribution is 2.31. The third kappa shape index (κ3) is 5.35. The van der Waals surface area contributed by atoms with Crippen LogP contribution in [0.2, 0.25) is 0 Å². The van der Waals surface area contributed by atoms with E-state index in [1.807, 2.05) is 69.3 Å². The maximum atomic E-state index is 12.8. The number of likely N-dealkylation sites (N-methyl/N-ethyl adjacent to an activating group) is 1. The predicted octanol–water partition coefficient (Wildman–Crippen LogP) is 4.09. The number of hydrogen-bond donors (Lipinski definition) is 1. The van der Waals surface area contributed by atoms with Gasteiger partial charge in [0.2, 0.25) is 5.88 Å². The van der Waals surface area contributed by atoms with Crippen LogP contribution in [0, 0.1) is 0 Å². The molecule has 4 rings (SSSR count). The second-order valence-corrected chi connectivity index (χ2v) is 8.36. The maximum Gasteiger partial charge on any atom is 0.257 e. The van der Waals surface area contributed by atoms with Gasteiger partial charge in [-0.2, -0.15) is 5.10 Å². The van der Waals surface area contributed by atoms with E-state index in [1.165, 1.54) is 6.20 Å². The lowest BCUT2D eigenvalue weighted by atomic mass is 10.0. The van der Waals surface area contributed by atoms with Crippen molar-refractivity contribution in [1.29, 1.82) is 0 Å². The number of carbonyl (C=O) groups is 1. The Morgan fingerprint density at radius 2 is 1.97 bits per heavy atom. The summed E-state index contributed by atoms with van der Waals surface area (Å²) < 4.78 is 7.48. The van der Waals surface area contributed by atoms with Gasteiger partial charge in [0, 0.05) is 42.2 Å². The fourth-order valence-electron chi connectivity index (χ4n) is 3.48. The molecule has 0 saturated heterocycles. The Balaban J connectivity index is 1.58. The van der Waals surface area contributed by atoms with Gasteiger partial charge in [0.25, 0.3) is 5.91 Å². The Labute approximate surface area is 193 Å². The highest BCUT2D eigenvalue weighted by Gasteiger charge is 2.13. The summed E-state index contributed by atoms with van der Waals surface area (Å²) in [6.45, 7) is 5.58. The number of para-hydroxylation sites is 1. The van der Waals surface area contributed by atoms with Crippen molar-refractivity contribution in [3.8, 4) is 17.0 Å². The first-order valence-corrected chi connectivity index (χ1v) is 10.9. The van der Waals surface area contributed by atoms with E-state index in [1.54, 1.807) is 18.3 Å². The highest BCUT2D eigenvalue weighted by molar-refractivity contribution is 6.10. The number of hydrogen-bond acceptors (Lipinski definition) is 6. The minimum atomic E-state index is -0.255. The smallest absolute Gasteiger partial charge is 0.257 e. The van der Waals surface area contributed by atoms with Crippen LogP contribution in [-0.2, 0) is 6.54 Å². The molecule has 3 heterocycles. The van der Waals surface area contributed by atoms with Gasteiger partial charge in [-0.15, -0.1) is 0 Å². The van der Waals surface area contributed by atoms with Crippen LogP contribution in [-0.4, -0.2) is 57.3 Å². The second-order valence-electron chi connectivity index (χ2n) is 8.36. The molecule has 8 heteroatoms. The molecule has 0 aliphatic heterocycles.